The fourth-order valence-electron chi connectivity index (χ4n) is 4.58. The summed E-state index contributed by atoms with van der Waals surface area (Å²) < 4.78 is 13.6. The summed E-state index contributed by atoms with van der Waals surface area (Å²) in [6.07, 6.45) is 7.45. The minimum absolute atomic E-state index is 0.0405. The zero-order valence-corrected chi connectivity index (χ0v) is 18.8. The third-order valence-corrected chi connectivity index (χ3v) is 6.66. The number of aromatic nitrogens is 1. The Balaban J connectivity index is 1.67. The predicted molar refractivity (Wildman–Crippen MR) is 127 cm³/mol. The van der Waals surface area contributed by atoms with E-state index in [4.69, 9.17) is 11.6 Å². The van der Waals surface area contributed by atoms with E-state index in [1.54, 1.807) is 12.3 Å². The molecule has 1 atom stereocenters. The lowest BCUT2D eigenvalue weighted by Crippen LogP contribution is -2.41. The Bertz CT molecular complexity index is 1170. The summed E-state index contributed by atoms with van der Waals surface area (Å²) in [6, 6.07) is 11.0. The molecule has 4 rings (SSSR count). The average Bonchev–Trinajstić information content (AvgIpc) is 2.80. The molecule has 5 nitrogen and oxygen atoms in total. The molecule has 0 aliphatic heterocycles. The maximum absolute atomic E-state index is 13.6. The van der Waals surface area contributed by atoms with Gasteiger partial charge in [0.1, 0.15) is 5.82 Å². The van der Waals surface area contributed by atoms with Crippen LogP contribution in [-0.4, -0.2) is 22.5 Å². The van der Waals surface area contributed by atoms with Crippen LogP contribution in [0.25, 0.3) is 10.8 Å². The SMILES string of the molecule is CC(c1c[nH]c(=O)c2ccccc12)N(CC1CCCCC1)C(=O)Nc1ccc(F)c(Cl)c1. The number of hydrogen-bond acceptors (Lipinski definition) is 2. The molecule has 1 aliphatic carbocycles. The maximum atomic E-state index is 13.6. The molecule has 1 aliphatic rings. The Hall–Kier alpha value is -2.86. The second kappa shape index (κ2) is 9.74. The Morgan fingerprint density at radius 2 is 1.91 bits per heavy atom. The zero-order chi connectivity index (χ0) is 22.7. The van der Waals surface area contributed by atoms with E-state index in [1.807, 2.05) is 30.0 Å². The smallest absolute Gasteiger partial charge is 0.322 e. The van der Waals surface area contributed by atoms with Crippen LogP contribution in [0, 0.1) is 11.7 Å². The van der Waals surface area contributed by atoms with Crippen molar-refractivity contribution in [1.82, 2.24) is 9.88 Å². The van der Waals surface area contributed by atoms with Crippen molar-refractivity contribution in [2.24, 2.45) is 5.92 Å². The molecule has 1 saturated carbocycles. The van der Waals surface area contributed by atoms with E-state index in [0.717, 1.165) is 23.8 Å². The van der Waals surface area contributed by atoms with Gasteiger partial charge >= 0.3 is 6.03 Å². The lowest BCUT2D eigenvalue weighted by atomic mass is 9.88. The van der Waals surface area contributed by atoms with Crippen LogP contribution in [0.15, 0.2) is 53.5 Å². The van der Waals surface area contributed by atoms with Gasteiger partial charge in [-0.25, -0.2) is 9.18 Å². The average molecular weight is 456 g/mol. The molecular weight excluding hydrogens is 429 g/mol. The van der Waals surface area contributed by atoms with Crippen molar-refractivity contribution in [1.29, 1.82) is 0 Å². The third kappa shape index (κ3) is 4.80. The number of hydrogen-bond donors (Lipinski definition) is 2. The Morgan fingerprint density at radius 1 is 1.19 bits per heavy atom. The number of aromatic amines is 1. The number of urea groups is 1. The fourth-order valence-corrected chi connectivity index (χ4v) is 4.76. The standard InChI is InChI=1S/C25H27ClFN3O2/c1-16(21-14-28-24(31)20-10-6-5-9-19(20)21)30(15-17-7-3-2-4-8-17)25(32)29-18-11-12-23(27)22(26)13-18/h5-6,9-14,16-17H,2-4,7-8,15H2,1H3,(H,28,31)(H,29,32). The number of benzene rings is 2. The number of anilines is 1. The van der Waals surface area contributed by atoms with Crippen molar-refractivity contribution < 1.29 is 9.18 Å². The summed E-state index contributed by atoms with van der Waals surface area (Å²) in [6.45, 7) is 2.58. The van der Waals surface area contributed by atoms with Crippen LogP contribution < -0.4 is 10.9 Å². The molecule has 168 valence electrons. The minimum Gasteiger partial charge on any atom is -0.328 e. The van der Waals surface area contributed by atoms with Gasteiger partial charge in [0.05, 0.1) is 11.1 Å². The minimum atomic E-state index is -0.531. The molecule has 0 saturated heterocycles. The molecule has 1 fully saturated rings. The van der Waals surface area contributed by atoms with Gasteiger partial charge < -0.3 is 15.2 Å². The Kier molecular flexibility index (Phi) is 6.80. The summed E-state index contributed by atoms with van der Waals surface area (Å²) >= 11 is 5.90. The van der Waals surface area contributed by atoms with Gasteiger partial charge in [-0.1, -0.05) is 49.1 Å². The first-order valence-electron chi connectivity index (χ1n) is 11.1. The highest BCUT2D eigenvalue weighted by atomic mass is 35.5. The van der Waals surface area contributed by atoms with Crippen molar-refractivity contribution in [3.05, 3.63) is 75.4 Å². The lowest BCUT2D eigenvalue weighted by Gasteiger charge is -2.34. The van der Waals surface area contributed by atoms with Crippen molar-refractivity contribution in [3.63, 3.8) is 0 Å². The predicted octanol–water partition coefficient (Wildman–Crippen LogP) is 6.50. The Morgan fingerprint density at radius 3 is 2.62 bits per heavy atom. The van der Waals surface area contributed by atoms with Crippen LogP contribution >= 0.6 is 11.6 Å². The molecule has 1 unspecified atom stereocenters. The van der Waals surface area contributed by atoms with Crippen LogP contribution in [0.1, 0.15) is 50.6 Å². The molecule has 0 spiro atoms. The fraction of sp³-hybridized carbons (Fsp3) is 0.360. The quantitative estimate of drug-likeness (QED) is 0.461. The molecule has 0 bridgehead atoms. The molecule has 2 N–H and O–H groups in total. The largest absolute Gasteiger partial charge is 0.328 e. The molecule has 32 heavy (non-hydrogen) atoms. The van der Waals surface area contributed by atoms with E-state index in [9.17, 15) is 14.0 Å². The number of amides is 2. The molecule has 1 heterocycles. The van der Waals surface area contributed by atoms with Crippen molar-refractivity contribution in [2.75, 3.05) is 11.9 Å². The molecule has 1 aromatic heterocycles. The topological polar surface area (TPSA) is 65.2 Å². The van der Waals surface area contributed by atoms with Gasteiger partial charge in [0.15, 0.2) is 0 Å². The van der Waals surface area contributed by atoms with Crippen LogP contribution in [0.3, 0.4) is 0 Å². The number of pyridine rings is 1. The molecule has 2 amide bonds. The van der Waals surface area contributed by atoms with E-state index in [-0.39, 0.29) is 22.7 Å². The zero-order valence-electron chi connectivity index (χ0n) is 18.0. The summed E-state index contributed by atoms with van der Waals surface area (Å²) in [5, 5.41) is 4.26. The second-order valence-electron chi connectivity index (χ2n) is 8.51. The highest BCUT2D eigenvalue weighted by Crippen LogP contribution is 2.31. The first-order chi connectivity index (χ1) is 15.4. The van der Waals surface area contributed by atoms with Crippen molar-refractivity contribution in [2.45, 2.75) is 45.1 Å². The second-order valence-corrected chi connectivity index (χ2v) is 8.92. The Labute approximate surface area is 191 Å². The number of fused-ring (bicyclic) bond motifs is 1. The van der Waals surface area contributed by atoms with E-state index in [2.05, 4.69) is 10.3 Å². The number of carbonyl (C=O) groups excluding carboxylic acids is 1. The highest BCUT2D eigenvalue weighted by Gasteiger charge is 2.27. The van der Waals surface area contributed by atoms with Gasteiger partial charge in [-0.3, -0.25) is 4.79 Å². The van der Waals surface area contributed by atoms with Crippen LogP contribution in [0.4, 0.5) is 14.9 Å². The maximum Gasteiger partial charge on any atom is 0.322 e. The van der Waals surface area contributed by atoms with Gasteiger partial charge in [0.25, 0.3) is 5.56 Å². The number of nitrogens with one attached hydrogen (secondary N) is 2. The molecule has 0 radical (unpaired) electrons. The van der Waals surface area contributed by atoms with Gasteiger partial charge in [-0.2, -0.15) is 0 Å². The monoisotopic (exact) mass is 455 g/mol. The van der Waals surface area contributed by atoms with Crippen LogP contribution in [0.2, 0.25) is 5.02 Å². The first-order valence-corrected chi connectivity index (χ1v) is 11.4. The number of rotatable bonds is 5. The van der Waals surface area contributed by atoms with Crippen LogP contribution in [0.5, 0.6) is 0 Å². The number of H-pyrrole nitrogens is 1. The van der Waals surface area contributed by atoms with Gasteiger partial charge in [0.2, 0.25) is 0 Å². The summed E-state index contributed by atoms with van der Waals surface area (Å²) in [5.41, 5.74) is 1.16. The highest BCUT2D eigenvalue weighted by molar-refractivity contribution is 6.31. The van der Waals surface area contributed by atoms with Gasteiger partial charge in [-0.05, 0) is 60.9 Å². The van der Waals surface area contributed by atoms with Crippen molar-refractivity contribution in [3.8, 4) is 0 Å². The normalized spacial score (nSPS) is 15.5. The molecule has 3 aromatic rings. The lowest BCUT2D eigenvalue weighted by molar-refractivity contribution is 0.168. The molecule has 2 aromatic carbocycles. The third-order valence-electron chi connectivity index (χ3n) is 6.37. The number of halogens is 2. The van der Waals surface area contributed by atoms with Crippen molar-refractivity contribution >= 4 is 34.1 Å². The van der Waals surface area contributed by atoms with E-state index in [1.165, 1.54) is 37.5 Å². The summed E-state index contributed by atoms with van der Waals surface area (Å²) in [4.78, 5) is 30.3. The van der Waals surface area contributed by atoms with E-state index < -0.39 is 5.82 Å². The first kappa shape index (κ1) is 22.3. The summed E-state index contributed by atoms with van der Waals surface area (Å²) in [7, 11) is 0. The molecule has 7 heteroatoms. The van der Waals surface area contributed by atoms with Gasteiger partial charge in [-0.15, -0.1) is 0 Å². The number of nitrogens with zero attached hydrogens (tertiary/aromatic N) is 1. The van der Waals surface area contributed by atoms with Crippen LogP contribution in [-0.2, 0) is 0 Å². The van der Waals surface area contributed by atoms with E-state index in [0.29, 0.717) is 23.5 Å². The van der Waals surface area contributed by atoms with Gasteiger partial charge in [0, 0.05) is 23.8 Å². The van der Waals surface area contributed by atoms with E-state index >= 15 is 0 Å². The summed E-state index contributed by atoms with van der Waals surface area (Å²) in [5.74, 6) is -0.111. The number of carbonyl (C=O) groups is 1. The molecular formula is C25H27ClFN3O2.